The fourth-order valence-electron chi connectivity index (χ4n) is 4.93. The van der Waals surface area contributed by atoms with E-state index in [1.807, 2.05) is 115 Å². The second-order valence-corrected chi connectivity index (χ2v) is 12.2. The van der Waals surface area contributed by atoms with Gasteiger partial charge in [-0.05, 0) is 17.7 Å². The molecule has 2 unspecified atom stereocenters. The maximum atomic E-state index is 14.9. The Morgan fingerprint density at radius 1 is 0.763 bits per heavy atom. The van der Waals surface area contributed by atoms with Crippen LogP contribution in [0.2, 0.25) is 0 Å². The second kappa shape index (κ2) is 12.4. The molecular weight excluding hydrogens is 495 g/mol. The van der Waals surface area contributed by atoms with Crippen LogP contribution >= 0.6 is 7.14 Å². The van der Waals surface area contributed by atoms with Crippen LogP contribution in [0.3, 0.4) is 0 Å². The highest BCUT2D eigenvalue weighted by atomic mass is 31.2. The summed E-state index contributed by atoms with van der Waals surface area (Å²) in [6.45, 7) is 0.886. The van der Waals surface area contributed by atoms with Gasteiger partial charge in [-0.2, -0.15) is 0 Å². The van der Waals surface area contributed by atoms with E-state index in [0.717, 1.165) is 16.2 Å². The van der Waals surface area contributed by atoms with Crippen molar-refractivity contribution < 1.29 is 23.5 Å². The van der Waals surface area contributed by atoms with E-state index in [0.29, 0.717) is 37.3 Å². The normalized spacial score (nSPS) is 19.6. The Morgan fingerprint density at radius 3 is 1.92 bits per heavy atom. The standard InChI is InChI=1S/C32H33O5P/c1-34-28-19-11-12-20-29(28)37-30-21-22-35-31(32(30)36-23-25-13-5-2-6-14-25)24-38(33,26-15-7-3-8-16-26)27-17-9-4-10-18-27/h2-20,30-32H,21-24H2,1H3/t30?,31?,32-/m0/s1. The van der Waals surface area contributed by atoms with Gasteiger partial charge in [0.25, 0.3) is 0 Å². The van der Waals surface area contributed by atoms with Gasteiger partial charge in [0.2, 0.25) is 0 Å². The van der Waals surface area contributed by atoms with E-state index in [-0.39, 0.29) is 6.10 Å². The van der Waals surface area contributed by atoms with Gasteiger partial charge in [-0.3, -0.25) is 0 Å². The molecular formula is C32H33O5P. The lowest BCUT2D eigenvalue weighted by molar-refractivity contribution is -0.150. The SMILES string of the molecule is COc1ccccc1OC1CCOC(CP(=O)(c2ccccc2)c2ccccc2)[C@H]1OCc1ccccc1. The minimum atomic E-state index is -3.04. The summed E-state index contributed by atoms with van der Waals surface area (Å²) in [4.78, 5) is 0. The molecule has 4 aromatic carbocycles. The summed E-state index contributed by atoms with van der Waals surface area (Å²) in [6.07, 6.45) is -0.205. The van der Waals surface area contributed by atoms with Crippen LogP contribution < -0.4 is 20.1 Å². The lowest BCUT2D eigenvalue weighted by Crippen LogP contribution is -2.51. The first-order valence-corrected chi connectivity index (χ1v) is 14.8. The molecule has 38 heavy (non-hydrogen) atoms. The Bertz CT molecular complexity index is 1290. The average molecular weight is 529 g/mol. The summed E-state index contributed by atoms with van der Waals surface area (Å²) in [5, 5.41) is 1.62. The molecule has 0 aliphatic carbocycles. The van der Waals surface area contributed by atoms with Crippen molar-refractivity contribution in [1.29, 1.82) is 0 Å². The maximum absolute atomic E-state index is 14.9. The molecule has 5 nitrogen and oxygen atoms in total. The molecule has 3 atom stereocenters. The zero-order valence-corrected chi connectivity index (χ0v) is 22.4. The predicted octanol–water partition coefficient (Wildman–Crippen LogP) is 5.83. The Labute approximate surface area is 224 Å². The van der Waals surface area contributed by atoms with Gasteiger partial charge in [-0.25, -0.2) is 0 Å². The van der Waals surface area contributed by atoms with E-state index in [1.54, 1.807) is 7.11 Å². The summed E-state index contributed by atoms with van der Waals surface area (Å²) in [5.41, 5.74) is 1.06. The molecule has 1 fully saturated rings. The largest absolute Gasteiger partial charge is 0.493 e. The fraction of sp³-hybridized carbons (Fsp3) is 0.250. The Balaban J connectivity index is 1.48. The number of ether oxygens (including phenoxy) is 4. The maximum Gasteiger partial charge on any atom is 0.161 e. The second-order valence-electron chi connectivity index (χ2n) is 9.36. The number of hydrogen-bond donors (Lipinski definition) is 0. The van der Waals surface area contributed by atoms with Gasteiger partial charge in [0, 0.05) is 23.2 Å². The van der Waals surface area contributed by atoms with Gasteiger partial charge in [0.05, 0.1) is 26.4 Å². The molecule has 4 aromatic rings. The van der Waals surface area contributed by atoms with Crippen molar-refractivity contribution in [2.45, 2.75) is 31.3 Å². The first-order chi connectivity index (χ1) is 18.7. The minimum Gasteiger partial charge on any atom is -0.493 e. The van der Waals surface area contributed by atoms with Crippen molar-refractivity contribution in [2.75, 3.05) is 19.9 Å². The van der Waals surface area contributed by atoms with E-state index in [2.05, 4.69) is 0 Å². The topological polar surface area (TPSA) is 54.0 Å². The molecule has 0 radical (unpaired) electrons. The number of rotatable bonds is 10. The van der Waals surface area contributed by atoms with Crippen molar-refractivity contribution in [2.24, 2.45) is 0 Å². The number of hydrogen-bond acceptors (Lipinski definition) is 5. The van der Waals surface area contributed by atoms with Crippen molar-refractivity contribution in [3.8, 4) is 11.5 Å². The monoisotopic (exact) mass is 528 g/mol. The van der Waals surface area contributed by atoms with Crippen LogP contribution in [0.1, 0.15) is 12.0 Å². The smallest absolute Gasteiger partial charge is 0.161 e. The number of methoxy groups -OCH3 is 1. The van der Waals surface area contributed by atoms with Gasteiger partial charge in [0.1, 0.15) is 19.3 Å². The summed E-state index contributed by atoms with van der Waals surface area (Å²) >= 11 is 0. The molecule has 5 rings (SSSR count). The van der Waals surface area contributed by atoms with E-state index in [9.17, 15) is 4.57 Å². The molecule has 0 spiro atoms. The van der Waals surface area contributed by atoms with Crippen LogP contribution in [0.25, 0.3) is 0 Å². The van der Waals surface area contributed by atoms with Gasteiger partial charge >= 0.3 is 0 Å². The van der Waals surface area contributed by atoms with Crippen molar-refractivity contribution in [3.63, 3.8) is 0 Å². The van der Waals surface area contributed by atoms with Gasteiger partial charge in [0.15, 0.2) is 11.5 Å². The average Bonchev–Trinajstić information content (AvgIpc) is 2.98. The van der Waals surface area contributed by atoms with Gasteiger partial charge in [-0.1, -0.05) is 103 Å². The highest BCUT2D eigenvalue weighted by Crippen LogP contribution is 2.46. The Kier molecular flexibility index (Phi) is 8.60. The summed E-state index contributed by atoms with van der Waals surface area (Å²) in [7, 11) is -1.40. The molecule has 1 aliphatic rings. The van der Waals surface area contributed by atoms with Crippen LogP contribution in [0, 0.1) is 0 Å². The van der Waals surface area contributed by atoms with E-state index in [1.165, 1.54) is 0 Å². The van der Waals surface area contributed by atoms with Crippen LogP contribution in [-0.2, 0) is 20.6 Å². The molecule has 0 bridgehead atoms. The molecule has 0 N–H and O–H groups in total. The van der Waals surface area contributed by atoms with Crippen LogP contribution in [-0.4, -0.2) is 38.2 Å². The lowest BCUT2D eigenvalue weighted by atomic mass is 10.0. The highest BCUT2D eigenvalue weighted by molar-refractivity contribution is 7.78. The molecule has 0 aromatic heterocycles. The molecule has 6 heteroatoms. The summed E-state index contributed by atoms with van der Waals surface area (Å²) < 4.78 is 39.8. The predicted molar refractivity (Wildman–Crippen MR) is 151 cm³/mol. The number of benzene rings is 4. The minimum absolute atomic E-state index is 0.297. The highest BCUT2D eigenvalue weighted by Gasteiger charge is 2.42. The van der Waals surface area contributed by atoms with E-state index in [4.69, 9.17) is 18.9 Å². The van der Waals surface area contributed by atoms with Crippen molar-refractivity contribution >= 4 is 17.8 Å². The molecule has 1 heterocycles. The van der Waals surface area contributed by atoms with E-state index >= 15 is 0 Å². The zero-order valence-electron chi connectivity index (χ0n) is 21.5. The van der Waals surface area contributed by atoms with Gasteiger partial charge in [-0.15, -0.1) is 0 Å². The number of para-hydroxylation sites is 2. The first kappa shape index (κ1) is 26.2. The third-order valence-corrected chi connectivity index (χ3v) is 10.0. The third kappa shape index (κ3) is 6.02. The zero-order chi connectivity index (χ0) is 26.2. The van der Waals surface area contributed by atoms with Crippen LogP contribution in [0.5, 0.6) is 11.5 Å². The molecule has 1 saturated heterocycles. The molecule has 0 amide bonds. The third-order valence-electron chi connectivity index (χ3n) is 6.88. The van der Waals surface area contributed by atoms with Gasteiger partial charge < -0.3 is 23.5 Å². The first-order valence-electron chi connectivity index (χ1n) is 12.9. The molecule has 196 valence electrons. The molecule has 1 aliphatic heterocycles. The summed E-state index contributed by atoms with van der Waals surface area (Å²) in [6, 6.07) is 37.1. The van der Waals surface area contributed by atoms with Crippen LogP contribution in [0.15, 0.2) is 115 Å². The summed E-state index contributed by atoms with van der Waals surface area (Å²) in [5.74, 6) is 1.32. The van der Waals surface area contributed by atoms with Crippen molar-refractivity contribution in [3.05, 3.63) is 121 Å². The van der Waals surface area contributed by atoms with E-state index < -0.39 is 19.3 Å². The Hall–Kier alpha value is -3.37. The molecule has 0 saturated carbocycles. The van der Waals surface area contributed by atoms with Crippen molar-refractivity contribution in [1.82, 2.24) is 0 Å². The van der Waals surface area contributed by atoms with Crippen LogP contribution in [0.4, 0.5) is 0 Å². The lowest BCUT2D eigenvalue weighted by Gasteiger charge is -2.39. The quantitative estimate of drug-likeness (QED) is 0.243. The fourth-order valence-corrected chi connectivity index (χ4v) is 7.78. The Morgan fingerprint density at radius 2 is 1.32 bits per heavy atom.